The van der Waals surface area contributed by atoms with E-state index in [-0.39, 0.29) is 36.3 Å². The van der Waals surface area contributed by atoms with Crippen LogP contribution in [0, 0.1) is 5.41 Å². The van der Waals surface area contributed by atoms with E-state index in [1.807, 2.05) is 25.6 Å². The number of nitrogens with one attached hydrogen (secondary N) is 1. The maximum absolute atomic E-state index is 12.3. The monoisotopic (exact) mass is 371 g/mol. The number of thioether (sulfide) groups is 1. The lowest BCUT2D eigenvalue weighted by Gasteiger charge is -2.44. The van der Waals surface area contributed by atoms with Gasteiger partial charge in [-0.2, -0.15) is 11.8 Å². The lowest BCUT2D eigenvalue weighted by atomic mass is 9.90. The minimum Gasteiger partial charge on any atom is -0.354 e. The van der Waals surface area contributed by atoms with Crippen LogP contribution in [0.5, 0.6) is 0 Å². The van der Waals surface area contributed by atoms with Gasteiger partial charge in [0.15, 0.2) is 0 Å². The maximum atomic E-state index is 12.3. The van der Waals surface area contributed by atoms with Crippen LogP contribution in [0.2, 0.25) is 0 Å². The average molecular weight is 372 g/mol. The molecule has 4 nitrogen and oxygen atoms in total. The molecule has 1 saturated heterocycles. The third kappa shape index (κ3) is 5.17. The molecular formula is C15H31Cl2N3OS. The van der Waals surface area contributed by atoms with E-state index >= 15 is 0 Å². The number of carbonyl (C=O) groups excluding carboxylic acids is 1. The molecule has 0 radical (unpaired) electrons. The summed E-state index contributed by atoms with van der Waals surface area (Å²) in [5.41, 5.74) is 5.44. The fourth-order valence-corrected chi connectivity index (χ4v) is 4.16. The lowest BCUT2D eigenvalue weighted by Crippen LogP contribution is -2.57. The van der Waals surface area contributed by atoms with Crippen LogP contribution in [0.15, 0.2) is 0 Å². The highest BCUT2D eigenvalue weighted by molar-refractivity contribution is 7.99. The van der Waals surface area contributed by atoms with Crippen LogP contribution in [0.1, 0.15) is 39.5 Å². The molecule has 0 bridgehead atoms. The molecule has 0 aromatic carbocycles. The summed E-state index contributed by atoms with van der Waals surface area (Å²) in [7, 11) is 0. The Balaban J connectivity index is 0.00000220. The molecule has 0 aromatic rings. The summed E-state index contributed by atoms with van der Waals surface area (Å²) in [5, 5.41) is 3.19. The van der Waals surface area contributed by atoms with Crippen LogP contribution in [-0.4, -0.2) is 54.0 Å². The first-order valence-corrected chi connectivity index (χ1v) is 8.97. The van der Waals surface area contributed by atoms with Gasteiger partial charge in [0.25, 0.3) is 0 Å². The zero-order valence-corrected chi connectivity index (χ0v) is 16.2. The molecule has 1 amide bonds. The zero-order chi connectivity index (χ0) is 14.6. The van der Waals surface area contributed by atoms with Gasteiger partial charge < -0.3 is 11.1 Å². The van der Waals surface area contributed by atoms with Gasteiger partial charge in [-0.3, -0.25) is 9.69 Å². The van der Waals surface area contributed by atoms with Gasteiger partial charge >= 0.3 is 0 Å². The number of rotatable bonds is 5. The van der Waals surface area contributed by atoms with Gasteiger partial charge in [-0.25, -0.2) is 0 Å². The molecule has 1 aliphatic carbocycles. The third-order valence-electron chi connectivity index (χ3n) is 4.92. The number of amides is 1. The predicted molar refractivity (Wildman–Crippen MR) is 100 cm³/mol. The Morgan fingerprint density at radius 2 is 1.77 bits per heavy atom. The fourth-order valence-electron chi connectivity index (χ4n) is 3.25. The predicted octanol–water partition coefficient (Wildman–Crippen LogP) is 2.29. The summed E-state index contributed by atoms with van der Waals surface area (Å²) in [4.78, 5) is 14.9. The van der Waals surface area contributed by atoms with E-state index in [1.165, 1.54) is 50.3 Å². The number of halogens is 2. The standard InChI is InChI=1S/C15H29N3OS.2ClH/c1-14(2,11-16)13(19)17-12-15(5-3-4-6-15)18-7-9-20-10-8-18;;/h3-12,16H2,1-2H3,(H,17,19);2*1H. The third-order valence-corrected chi connectivity index (χ3v) is 5.86. The summed E-state index contributed by atoms with van der Waals surface area (Å²) in [6, 6.07) is 0. The fraction of sp³-hybridized carbons (Fsp3) is 0.933. The maximum Gasteiger partial charge on any atom is 0.226 e. The van der Waals surface area contributed by atoms with Crippen molar-refractivity contribution in [1.29, 1.82) is 0 Å². The van der Waals surface area contributed by atoms with E-state index in [1.54, 1.807) is 0 Å². The van der Waals surface area contributed by atoms with Gasteiger partial charge in [0.1, 0.15) is 0 Å². The van der Waals surface area contributed by atoms with Crippen molar-refractivity contribution in [3.05, 3.63) is 0 Å². The normalized spacial score (nSPS) is 21.6. The van der Waals surface area contributed by atoms with Crippen LogP contribution >= 0.6 is 36.6 Å². The number of nitrogens with zero attached hydrogens (tertiary/aromatic N) is 1. The van der Waals surface area contributed by atoms with Crippen LogP contribution in [0.25, 0.3) is 0 Å². The van der Waals surface area contributed by atoms with Crippen LogP contribution in [0.3, 0.4) is 0 Å². The molecule has 0 unspecified atom stereocenters. The van der Waals surface area contributed by atoms with Crippen LogP contribution in [0.4, 0.5) is 0 Å². The van der Waals surface area contributed by atoms with Crippen molar-refractivity contribution in [2.45, 2.75) is 45.1 Å². The molecule has 22 heavy (non-hydrogen) atoms. The molecule has 1 aliphatic heterocycles. The van der Waals surface area contributed by atoms with Crippen molar-refractivity contribution >= 4 is 42.5 Å². The van der Waals surface area contributed by atoms with Crippen molar-refractivity contribution in [2.24, 2.45) is 11.1 Å². The van der Waals surface area contributed by atoms with Gasteiger partial charge in [-0.15, -0.1) is 24.8 Å². The second-order valence-corrected chi connectivity index (χ2v) is 8.03. The highest BCUT2D eigenvalue weighted by atomic mass is 35.5. The van der Waals surface area contributed by atoms with Gasteiger partial charge in [0.05, 0.1) is 5.41 Å². The van der Waals surface area contributed by atoms with Gasteiger partial charge in [0.2, 0.25) is 5.91 Å². The molecule has 132 valence electrons. The molecule has 3 N–H and O–H groups in total. The Labute approximate surface area is 151 Å². The van der Waals surface area contributed by atoms with E-state index in [9.17, 15) is 4.79 Å². The van der Waals surface area contributed by atoms with E-state index < -0.39 is 5.41 Å². The van der Waals surface area contributed by atoms with Crippen LogP contribution in [-0.2, 0) is 4.79 Å². The molecule has 0 aromatic heterocycles. The molecule has 2 fully saturated rings. The van der Waals surface area contributed by atoms with E-state index in [2.05, 4.69) is 10.2 Å². The second-order valence-electron chi connectivity index (χ2n) is 6.80. The quantitative estimate of drug-likeness (QED) is 0.778. The van der Waals surface area contributed by atoms with Crippen LogP contribution < -0.4 is 11.1 Å². The molecule has 7 heteroatoms. The van der Waals surface area contributed by atoms with Crippen molar-refractivity contribution in [2.75, 3.05) is 37.7 Å². The largest absolute Gasteiger partial charge is 0.354 e. The molecular weight excluding hydrogens is 341 g/mol. The second kappa shape index (κ2) is 9.58. The van der Waals surface area contributed by atoms with Gasteiger partial charge in [-0.1, -0.05) is 12.8 Å². The summed E-state index contributed by atoms with van der Waals surface area (Å²) < 4.78 is 0. The number of hydrogen-bond acceptors (Lipinski definition) is 4. The Morgan fingerprint density at radius 3 is 2.27 bits per heavy atom. The van der Waals surface area contributed by atoms with E-state index in [4.69, 9.17) is 5.73 Å². The Kier molecular flexibility index (Phi) is 9.72. The highest BCUT2D eigenvalue weighted by Crippen LogP contribution is 2.36. The molecule has 0 atom stereocenters. The topological polar surface area (TPSA) is 58.4 Å². The van der Waals surface area contributed by atoms with Crippen molar-refractivity contribution in [1.82, 2.24) is 10.2 Å². The Bertz CT molecular complexity index is 344. The van der Waals surface area contributed by atoms with E-state index in [0.29, 0.717) is 6.54 Å². The summed E-state index contributed by atoms with van der Waals surface area (Å²) in [5.74, 6) is 2.55. The van der Waals surface area contributed by atoms with Crippen molar-refractivity contribution < 1.29 is 4.79 Å². The smallest absolute Gasteiger partial charge is 0.226 e. The Hall–Kier alpha value is 0.320. The molecule has 1 saturated carbocycles. The average Bonchev–Trinajstić information content (AvgIpc) is 2.95. The molecule has 1 heterocycles. The minimum absolute atomic E-state index is 0. The summed E-state index contributed by atoms with van der Waals surface area (Å²) in [6.07, 6.45) is 5.03. The first kappa shape index (κ1) is 22.3. The SMILES string of the molecule is CC(C)(CN)C(=O)NCC1(N2CCSCC2)CCCC1.Cl.Cl. The van der Waals surface area contributed by atoms with Gasteiger partial charge in [-0.05, 0) is 26.7 Å². The number of carbonyl (C=O) groups is 1. The highest BCUT2D eigenvalue weighted by Gasteiger charge is 2.40. The van der Waals surface area contributed by atoms with E-state index in [0.717, 1.165) is 6.54 Å². The Morgan fingerprint density at radius 1 is 1.23 bits per heavy atom. The zero-order valence-electron chi connectivity index (χ0n) is 13.7. The number of hydrogen-bond donors (Lipinski definition) is 2. The lowest BCUT2D eigenvalue weighted by molar-refractivity contribution is -0.129. The minimum atomic E-state index is -0.461. The number of nitrogens with two attached hydrogens (primary N) is 1. The van der Waals surface area contributed by atoms with Crippen molar-refractivity contribution in [3.8, 4) is 0 Å². The molecule has 2 aliphatic rings. The first-order chi connectivity index (χ1) is 9.50. The van der Waals surface area contributed by atoms with Crippen molar-refractivity contribution in [3.63, 3.8) is 0 Å². The summed E-state index contributed by atoms with van der Waals surface area (Å²) in [6.45, 7) is 7.36. The summed E-state index contributed by atoms with van der Waals surface area (Å²) >= 11 is 2.04. The molecule has 0 spiro atoms. The van der Waals surface area contributed by atoms with Gasteiger partial charge in [0, 0.05) is 43.2 Å². The molecule has 2 rings (SSSR count). The first-order valence-electron chi connectivity index (χ1n) is 7.81.